The summed E-state index contributed by atoms with van der Waals surface area (Å²) in [6.45, 7) is 2.92. The van der Waals surface area contributed by atoms with Crippen LogP contribution in [0.3, 0.4) is 0 Å². The third-order valence-electron chi connectivity index (χ3n) is 5.32. The topological polar surface area (TPSA) is 119 Å². The molecule has 1 unspecified atom stereocenters. The minimum absolute atomic E-state index is 0.0670. The van der Waals surface area contributed by atoms with Crippen molar-refractivity contribution in [3.8, 4) is 5.75 Å². The number of sulfonamides is 1. The zero-order valence-corrected chi connectivity index (χ0v) is 18.2. The van der Waals surface area contributed by atoms with Crippen LogP contribution in [0.1, 0.15) is 28.8 Å². The lowest BCUT2D eigenvalue weighted by molar-refractivity contribution is -0.384. The molecule has 1 aliphatic heterocycles. The van der Waals surface area contributed by atoms with Gasteiger partial charge in [-0.1, -0.05) is 17.7 Å². The van der Waals surface area contributed by atoms with Crippen molar-refractivity contribution in [1.82, 2.24) is 9.62 Å². The van der Waals surface area contributed by atoms with Crippen molar-refractivity contribution < 1.29 is 22.9 Å². The normalized spacial score (nSPS) is 16.7. The molecule has 3 rings (SSSR count). The standard InChI is InChI=1S/C21H25N3O6S/c1-15-5-8-18(9-6-15)31(28,29)22-13-16-4-3-11-23(14-16)21(25)19-12-17(24(26)27)7-10-20(19)30-2/h5-10,12,16,22H,3-4,11,13-14H2,1-2H3. The van der Waals surface area contributed by atoms with Gasteiger partial charge in [0.05, 0.1) is 22.5 Å². The number of methoxy groups -OCH3 is 1. The van der Waals surface area contributed by atoms with Gasteiger partial charge in [0, 0.05) is 31.8 Å². The average molecular weight is 448 g/mol. The van der Waals surface area contributed by atoms with Crippen LogP contribution in [-0.2, 0) is 10.0 Å². The number of nitro groups is 1. The molecule has 1 heterocycles. The summed E-state index contributed by atoms with van der Waals surface area (Å²) in [7, 11) is -2.24. The molecule has 0 radical (unpaired) electrons. The number of ether oxygens (including phenoxy) is 1. The van der Waals surface area contributed by atoms with E-state index in [0.29, 0.717) is 19.5 Å². The number of nitro benzene ring substituents is 1. The molecule has 166 valence electrons. The highest BCUT2D eigenvalue weighted by molar-refractivity contribution is 7.89. The van der Waals surface area contributed by atoms with Crippen molar-refractivity contribution in [3.05, 3.63) is 63.7 Å². The van der Waals surface area contributed by atoms with Gasteiger partial charge in [-0.15, -0.1) is 0 Å². The molecular formula is C21H25N3O6S. The summed E-state index contributed by atoms with van der Waals surface area (Å²) in [6, 6.07) is 10.5. The van der Waals surface area contributed by atoms with Crippen LogP contribution in [0.2, 0.25) is 0 Å². The maximum Gasteiger partial charge on any atom is 0.270 e. The molecule has 0 aromatic heterocycles. The van der Waals surface area contributed by atoms with E-state index in [-0.39, 0.29) is 40.3 Å². The fourth-order valence-corrected chi connectivity index (χ4v) is 4.71. The van der Waals surface area contributed by atoms with Crippen LogP contribution in [0.4, 0.5) is 5.69 Å². The molecular weight excluding hydrogens is 422 g/mol. The Hall–Kier alpha value is -2.98. The van der Waals surface area contributed by atoms with Gasteiger partial charge in [-0.05, 0) is 43.9 Å². The van der Waals surface area contributed by atoms with Crippen LogP contribution in [0.15, 0.2) is 47.4 Å². The number of amides is 1. The summed E-state index contributed by atoms with van der Waals surface area (Å²) in [6.07, 6.45) is 1.48. The molecule has 10 heteroatoms. The zero-order valence-electron chi connectivity index (χ0n) is 17.4. The van der Waals surface area contributed by atoms with Gasteiger partial charge < -0.3 is 9.64 Å². The molecule has 2 aromatic rings. The SMILES string of the molecule is COc1ccc([N+](=O)[O-])cc1C(=O)N1CCCC(CNS(=O)(=O)c2ccc(C)cc2)C1. The maximum absolute atomic E-state index is 13.0. The molecule has 0 bridgehead atoms. The Morgan fingerprint density at radius 2 is 1.97 bits per heavy atom. The van der Waals surface area contributed by atoms with Crippen LogP contribution in [0.5, 0.6) is 5.75 Å². The summed E-state index contributed by atoms with van der Waals surface area (Å²) in [5, 5.41) is 11.1. The highest BCUT2D eigenvalue weighted by Gasteiger charge is 2.28. The van der Waals surface area contributed by atoms with E-state index in [0.717, 1.165) is 12.0 Å². The van der Waals surface area contributed by atoms with E-state index in [1.807, 2.05) is 6.92 Å². The first kappa shape index (κ1) is 22.7. The van der Waals surface area contributed by atoms with Crippen LogP contribution >= 0.6 is 0 Å². The fraction of sp³-hybridized carbons (Fsp3) is 0.381. The lowest BCUT2D eigenvalue weighted by atomic mass is 9.97. The Morgan fingerprint density at radius 1 is 1.26 bits per heavy atom. The van der Waals surface area contributed by atoms with Crippen LogP contribution in [0.25, 0.3) is 0 Å². The number of non-ortho nitro benzene ring substituents is 1. The van der Waals surface area contributed by atoms with Gasteiger partial charge >= 0.3 is 0 Å². The highest BCUT2D eigenvalue weighted by atomic mass is 32.2. The van der Waals surface area contributed by atoms with Crippen molar-refractivity contribution >= 4 is 21.6 Å². The van der Waals surface area contributed by atoms with Crippen molar-refractivity contribution in [2.75, 3.05) is 26.7 Å². The van der Waals surface area contributed by atoms with Crippen molar-refractivity contribution in [3.63, 3.8) is 0 Å². The van der Waals surface area contributed by atoms with Crippen LogP contribution < -0.4 is 9.46 Å². The van der Waals surface area contributed by atoms with Gasteiger partial charge in [0.2, 0.25) is 10.0 Å². The first-order valence-corrected chi connectivity index (χ1v) is 11.4. The molecule has 0 saturated carbocycles. The number of rotatable bonds is 7. The number of hydrogen-bond acceptors (Lipinski definition) is 6. The second kappa shape index (κ2) is 9.44. The summed E-state index contributed by atoms with van der Waals surface area (Å²) >= 11 is 0. The van der Waals surface area contributed by atoms with Crippen molar-refractivity contribution in [2.24, 2.45) is 5.92 Å². The van der Waals surface area contributed by atoms with E-state index in [9.17, 15) is 23.3 Å². The Balaban J connectivity index is 1.69. The number of benzene rings is 2. The van der Waals surface area contributed by atoms with E-state index >= 15 is 0 Å². The number of carbonyl (C=O) groups excluding carboxylic acids is 1. The Labute approximate surface area is 181 Å². The Bertz CT molecular complexity index is 1070. The number of likely N-dealkylation sites (tertiary alicyclic amines) is 1. The summed E-state index contributed by atoms with van der Waals surface area (Å²) in [4.78, 5) is 25.4. The monoisotopic (exact) mass is 447 g/mol. The van der Waals surface area contributed by atoms with Gasteiger partial charge in [-0.3, -0.25) is 14.9 Å². The van der Waals surface area contributed by atoms with Crippen LogP contribution in [0, 0.1) is 23.0 Å². The largest absolute Gasteiger partial charge is 0.496 e. The first-order valence-electron chi connectivity index (χ1n) is 9.89. The summed E-state index contributed by atoms with van der Waals surface area (Å²) in [5.41, 5.74) is 0.901. The molecule has 1 saturated heterocycles. The lowest BCUT2D eigenvalue weighted by Gasteiger charge is -2.33. The van der Waals surface area contributed by atoms with Gasteiger partial charge in [-0.25, -0.2) is 13.1 Å². The minimum atomic E-state index is -3.64. The number of nitrogens with one attached hydrogen (secondary N) is 1. The van der Waals surface area contributed by atoms with E-state index in [2.05, 4.69) is 4.72 Å². The molecule has 9 nitrogen and oxygen atoms in total. The molecule has 1 amide bonds. The molecule has 31 heavy (non-hydrogen) atoms. The van der Waals surface area contributed by atoms with Gasteiger partial charge in [-0.2, -0.15) is 0 Å². The van der Waals surface area contributed by atoms with E-state index < -0.39 is 14.9 Å². The second-order valence-electron chi connectivity index (χ2n) is 7.57. The number of aryl methyl sites for hydroxylation is 1. The molecule has 1 aliphatic rings. The predicted molar refractivity (Wildman–Crippen MR) is 115 cm³/mol. The van der Waals surface area contributed by atoms with Gasteiger partial charge in [0.15, 0.2) is 0 Å². The highest BCUT2D eigenvalue weighted by Crippen LogP contribution is 2.27. The number of piperidine rings is 1. The number of carbonyl (C=O) groups is 1. The molecule has 1 fully saturated rings. The minimum Gasteiger partial charge on any atom is -0.496 e. The zero-order chi connectivity index (χ0) is 22.6. The molecule has 2 aromatic carbocycles. The summed E-state index contributed by atoms with van der Waals surface area (Å²) < 4.78 is 32.9. The quantitative estimate of drug-likeness (QED) is 0.515. The second-order valence-corrected chi connectivity index (χ2v) is 9.33. The smallest absolute Gasteiger partial charge is 0.270 e. The number of nitrogens with zero attached hydrogens (tertiary/aromatic N) is 2. The molecule has 0 aliphatic carbocycles. The van der Waals surface area contributed by atoms with Crippen molar-refractivity contribution in [2.45, 2.75) is 24.7 Å². The summed E-state index contributed by atoms with van der Waals surface area (Å²) in [5.74, 6) is -0.174. The van der Waals surface area contributed by atoms with Gasteiger partial charge in [0.1, 0.15) is 5.75 Å². The van der Waals surface area contributed by atoms with Crippen molar-refractivity contribution in [1.29, 1.82) is 0 Å². The number of hydrogen-bond donors (Lipinski definition) is 1. The third kappa shape index (κ3) is 5.39. The Morgan fingerprint density at radius 3 is 2.61 bits per heavy atom. The third-order valence-corrected chi connectivity index (χ3v) is 6.76. The van der Waals surface area contributed by atoms with Crippen LogP contribution in [-0.4, -0.2) is 50.9 Å². The Kier molecular flexibility index (Phi) is 6.91. The van der Waals surface area contributed by atoms with E-state index in [1.165, 1.54) is 25.3 Å². The fourth-order valence-electron chi connectivity index (χ4n) is 3.59. The van der Waals surface area contributed by atoms with Gasteiger partial charge in [0.25, 0.3) is 11.6 Å². The molecule has 0 spiro atoms. The molecule has 1 N–H and O–H groups in total. The maximum atomic E-state index is 13.0. The predicted octanol–water partition coefficient (Wildman–Crippen LogP) is 2.74. The first-order chi connectivity index (χ1) is 14.7. The molecule has 1 atom stereocenters. The lowest BCUT2D eigenvalue weighted by Crippen LogP contribution is -2.43. The van der Waals surface area contributed by atoms with E-state index in [1.54, 1.807) is 29.2 Å². The van der Waals surface area contributed by atoms with E-state index in [4.69, 9.17) is 4.74 Å². The average Bonchev–Trinajstić information content (AvgIpc) is 2.77.